The van der Waals surface area contributed by atoms with Crippen LogP contribution in [-0.2, 0) is 16.0 Å². The van der Waals surface area contributed by atoms with Gasteiger partial charge in [0.1, 0.15) is 17.1 Å². The zero-order chi connectivity index (χ0) is 23.5. The third-order valence-corrected chi connectivity index (χ3v) is 8.80. The minimum Gasteiger partial charge on any atom is -0.506 e. The van der Waals surface area contributed by atoms with Crippen LogP contribution in [0.2, 0.25) is 0 Å². The molecule has 0 bridgehead atoms. The van der Waals surface area contributed by atoms with Crippen molar-refractivity contribution in [2.75, 3.05) is 31.1 Å². The summed E-state index contributed by atoms with van der Waals surface area (Å²) in [5.74, 6) is 2.39. The molecule has 0 radical (unpaired) electrons. The standard InChI is InChI=1S/C27H38N2O4/c1-26(2,3)33-25(32)29-13-11-28(12-14-29)22-16-20-17(15-23(22)30)5-6-19-18(20)9-10-27(4)21(19)7-8-24(27)31/h15-16,18-19,21,30H,5-14H2,1-4H3/t18-,19+,21-,27-/m0/s1. The maximum Gasteiger partial charge on any atom is 0.410 e. The highest BCUT2D eigenvalue weighted by Crippen LogP contribution is 2.60. The average Bonchev–Trinajstić information content (AvgIpc) is 3.06. The van der Waals surface area contributed by atoms with Crippen molar-refractivity contribution in [3.8, 4) is 5.75 Å². The third-order valence-electron chi connectivity index (χ3n) is 8.80. The highest BCUT2D eigenvalue weighted by molar-refractivity contribution is 5.87. The van der Waals surface area contributed by atoms with Crippen LogP contribution in [0.5, 0.6) is 5.75 Å². The van der Waals surface area contributed by atoms with Crippen molar-refractivity contribution < 1.29 is 19.4 Å². The van der Waals surface area contributed by atoms with Crippen LogP contribution < -0.4 is 4.90 Å². The lowest BCUT2D eigenvalue weighted by atomic mass is 9.55. The van der Waals surface area contributed by atoms with Crippen LogP contribution in [0.4, 0.5) is 10.5 Å². The average molecular weight is 455 g/mol. The Bertz CT molecular complexity index is 960. The number of carbonyl (C=O) groups excluding carboxylic acids is 2. The molecule has 1 aliphatic heterocycles. The number of aromatic hydroxyl groups is 1. The molecular formula is C27H38N2O4. The number of nitrogens with zero attached hydrogens (tertiary/aromatic N) is 2. The molecule has 0 unspecified atom stereocenters. The predicted octanol–water partition coefficient (Wildman–Crippen LogP) is 4.87. The number of carbonyl (C=O) groups is 2. The van der Waals surface area contributed by atoms with E-state index in [9.17, 15) is 14.7 Å². The number of phenolic OH excluding ortho intramolecular Hbond substituents is 1. The molecule has 2 saturated carbocycles. The molecule has 1 N–H and O–H groups in total. The molecule has 1 amide bonds. The molecule has 3 fully saturated rings. The van der Waals surface area contributed by atoms with Crippen LogP contribution in [0.25, 0.3) is 0 Å². The summed E-state index contributed by atoms with van der Waals surface area (Å²) in [6.07, 6.45) is 5.69. The first kappa shape index (κ1) is 22.5. The van der Waals surface area contributed by atoms with E-state index in [2.05, 4.69) is 17.9 Å². The number of benzene rings is 1. The Labute approximate surface area is 197 Å². The van der Waals surface area contributed by atoms with Gasteiger partial charge in [0.2, 0.25) is 0 Å². The number of ether oxygens (including phenoxy) is 1. The summed E-state index contributed by atoms with van der Waals surface area (Å²) in [6.45, 7) is 10.4. The van der Waals surface area contributed by atoms with Crippen molar-refractivity contribution in [2.24, 2.45) is 17.3 Å². The molecule has 180 valence electrons. The molecule has 0 spiro atoms. The molecule has 6 nitrogen and oxygen atoms in total. The third kappa shape index (κ3) is 3.89. The molecule has 6 heteroatoms. The number of anilines is 1. The zero-order valence-corrected chi connectivity index (χ0v) is 20.5. The molecular weight excluding hydrogens is 416 g/mol. The lowest BCUT2D eigenvalue weighted by Crippen LogP contribution is -2.50. The van der Waals surface area contributed by atoms with Gasteiger partial charge in [0.25, 0.3) is 0 Å². The van der Waals surface area contributed by atoms with Gasteiger partial charge < -0.3 is 19.6 Å². The summed E-state index contributed by atoms with van der Waals surface area (Å²) in [5.41, 5.74) is 2.93. The monoisotopic (exact) mass is 454 g/mol. The Morgan fingerprint density at radius 1 is 1.09 bits per heavy atom. The van der Waals surface area contributed by atoms with Crippen molar-refractivity contribution in [1.82, 2.24) is 4.90 Å². The molecule has 1 aromatic rings. The molecule has 33 heavy (non-hydrogen) atoms. The predicted molar refractivity (Wildman–Crippen MR) is 128 cm³/mol. The number of phenols is 1. The number of ketones is 1. The maximum absolute atomic E-state index is 12.6. The molecule has 1 heterocycles. The van der Waals surface area contributed by atoms with Gasteiger partial charge in [-0.1, -0.05) is 6.92 Å². The SMILES string of the molecule is CC(C)(C)OC(=O)N1CCN(c2cc3c(cc2O)CC[C@@H]2[C@@H]3CC[C@]3(C)C(=O)CC[C@@H]23)CC1. The fraction of sp³-hybridized carbons (Fsp3) is 0.704. The number of Topliss-reactive ketones (excluding diaryl/α,β-unsaturated/α-hetero) is 1. The van der Waals surface area contributed by atoms with Gasteiger partial charge in [0.05, 0.1) is 5.69 Å². The van der Waals surface area contributed by atoms with Gasteiger partial charge in [-0.15, -0.1) is 0 Å². The van der Waals surface area contributed by atoms with E-state index >= 15 is 0 Å². The van der Waals surface area contributed by atoms with Gasteiger partial charge in [-0.2, -0.15) is 0 Å². The molecule has 3 aliphatic carbocycles. The Kier molecular flexibility index (Phi) is 5.41. The van der Waals surface area contributed by atoms with Crippen LogP contribution in [0.15, 0.2) is 12.1 Å². The summed E-state index contributed by atoms with van der Waals surface area (Å²) in [5, 5.41) is 10.9. The topological polar surface area (TPSA) is 70.1 Å². The minimum absolute atomic E-state index is 0.115. The van der Waals surface area contributed by atoms with Gasteiger partial charge in [-0.3, -0.25) is 4.79 Å². The number of rotatable bonds is 1. The van der Waals surface area contributed by atoms with E-state index in [1.807, 2.05) is 26.8 Å². The number of hydrogen-bond acceptors (Lipinski definition) is 5. The Morgan fingerprint density at radius 3 is 2.52 bits per heavy atom. The van der Waals surface area contributed by atoms with Crippen molar-refractivity contribution in [2.45, 2.75) is 77.7 Å². The summed E-state index contributed by atoms with van der Waals surface area (Å²) >= 11 is 0. The highest BCUT2D eigenvalue weighted by Gasteiger charge is 2.54. The summed E-state index contributed by atoms with van der Waals surface area (Å²) in [4.78, 5) is 29.0. The number of aryl methyl sites for hydroxylation is 1. The molecule has 5 rings (SSSR count). The van der Waals surface area contributed by atoms with Gasteiger partial charge in [0.15, 0.2) is 0 Å². The van der Waals surface area contributed by atoms with E-state index in [1.165, 1.54) is 11.1 Å². The van der Waals surface area contributed by atoms with E-state index in [0.717, 1.165) is 44.2 Å². The van der Waals surface area contributed by atoms with E-state index in [1.54, 1.807) is 4.90 Å². The maximum atomic E-state index is 12.6. The highest BCUT2D eigenvalue weighted by atomic mass is 16.6. The second-order valence-electron chi connectivity index (χ2n) is 11.8. The molecule has 1 saturated heterocycles. The number of hydrogen-bond donors (Lipinski definition) is 1. The quantitative estimate of drug-likeness (QED) is 0.655. The summed E-state index contributed by atoms with van der Waals surface area (Å²) < 4.78 is 5.52. The van der Waals surface area contributed by atoms with Gasteiger partial charge in [-0.05, 0) is 93.9 Å². The van der Waals surface area contributed by atoms with Crippen molar-refractivity contribution in [3.05, 3.63) is 23.3 Å². The number of piperazine rings is 1. The largest absolute Gasteiger partial charge is 0.506 e. The van der Waals surface area contributed by atoms with Crippen LogP contribution in [0.1, 0.15) is 76.8 Å². The number of fused-ring (bicyclic) bond motifs is 5. The van der Waals surface area contributed by atoms with Gasteiger partial charge >= 0.3 is 6.09 Å². The molecule has 1 aromatic carbocycles. The lowest BCUT2D eigenvalue weighted by molar-refractivity contribution is -0.129. The fourth-order valence-corrected chi connectivity index (χ4v) is 7.08. The Hall–Kier alpha value is -2.24. The first-order valence-corrected chi connectivity index (χ1v) is 12.7. The molecule has 4 atom stereocenters. The molecule has 0 aromatic heterocycles. The van der Waals surface area contributed by atoms with Crippen LogP contribution in [0.3, 0.4) is 0 Å². The van der Waals surface area contributed by atoms with E-state index in [0.29, 0.717) is 55.5 Å². The summed E-state index contributed by atoms with van der Waals surface area (Å²) in [6, 6.07) is 4.21. The Balaban J connectivity index is 1.34. The van der Waals surface area contributed by atoms with Gasteiger partial charge in [-0.25, -0.2) is 4.79 Å². The van der Waals surface area contributed by atoms with E-state index < -0.39 is 5.60 Å². The second-order valence-corrected chi connectivity index (χ2v) is 11.8. The molecule has 4 aliphatic rings. The van der Waals surface area contributed by atoms with Crippen molar-refractivity contribution >= 4 is 17.6 Å². The fourth-order valence-electron chi connectivity index (χ4n) is 7.08. The Morgan fingerprint density at radius 2 is 1.82 bits per heavy atom. The van der Waals surface area contributed by atoms with E-state index in [4.69, 9.17) is 4.74 Å². The van der Waals surface area contributed by atoms with Crippen LogP contribution in [0, 0.1) is 17.3 Å². The van der Waals surface area contributed by atoms with Gasteiger partial charge in [0, 0.05) is 38.0 Å². The van der Waals surface area contributed by atoms with Crippen molar-refractivity contribution in [3.63, 3.8) is 0 Å². The first-order valence-electron chi connectivity index (χ1n) is 12.7. The smallest absolute Gasteiger partial charge is 0.410 e. The van der Waals surface area contributed by atoms with Crippen LogP contribution in [-0.4, -0.2) is 53.7 Å². The first-order chi connectivity index (χ1) is 15.6. The minimum atomic E-state index is -0.498. The van der Waals surface area contributed by atoms with Crippen molar-refractivity contribution in [1.29, 1.82) is 0 Å². The van der Waals surface area contributed by atoms with E-state index in [-0.39, 0.29) is 11.5 Å². The number of amides is 1. The second kappa shape index (κ2) is 7.92. The zero-order valence-electron chi connectivity index (χ0n) is 20.5. The normalized spacial score (nSPS) is 31.6. The summed E-state index contributed by atoms with van der Waals surface area (Å²) in [7, 11) is 0. The lowest BCUT2D eigenvalue weighted by Gasteiger charge is -2.48. The van der Waals surface area contributed by atoms with Crippen LogP contribution >= 0.6 is 0 Å².